The number of hydrogen-bond donors (Lipinski definition) is 3. The Morgan fingerprint density at radius 1 is 1.00 bits per heavy atom. The average Bonchev–Trinajstić information content (AvgIpc) is 2.26. The summed E-state index contributed by atoms with van der Waals surface area (Å²) in [5.74, 6) is 0.571. The second-order valence-corrected chi connectivity index (χ2v) is 4.37. The Kier molecular flexibility index (Phi) is 15.6. The standard InChI is InChI=1S/C6H14O3.C6H14O2/c1-5(8)4-9-6(2)3-7;1-6(2)5-8-4-3-7/h5-8H,3-4H2,1-2H3;6-7H,3-5H2,1-2H3. The maximum Gasteiger partial charge on any atom is 0.0779 e. The third kappa shape index (κ3) is 21.6. The first-order chi connectivity index (χ1) is 7.93. The van der Waals surface area contributed by atoms with Crippen molar-refractivity contribution in [3.05, 3.63) is 0 Å². The summed E-state index contributed by atoms with van der Waals surface area (Å²) < 4.78 is 9.95. The van der Waals surface area contributed by atoms with Crippen LogP contribution in [0.3, 0.4) is 0 Å². The van der Waals surface area contributed by atoms with Crippen molar-refractivity contribution in [3.8, 4) is 0 Å². The van der Waals surface area contributed by atoms with E-state index in [1.165, 1.54) is 0 Å². The normalized spacial score (nSPS) is 14.1. The first-order valence-electron chi connectivity index (χ1n) is 6.03. The van der Waals surface area contributed by atoms with E-state index in [2.05, 4.69) is 13.8 Å². The summed E-state index contributed by atoms with van der Waals surface area (Å²) in [4.78, 5) is 0. The third-order valence-corrected chi connectivity index (χ3v) is 1.57. The first-order valence-corrected chi connectivity index (χ1v) is 6.03. The minimum absolute atomic E-state index is 0.00667. The van der Waals surface area contributed by atoms with Crippen molar-refractivity contribution < 1.29 is 24.8 Å². The molecule has 3 N–H and O–H groups in total. The molecule has 0 aliphatic carbocycles. The van der Waals surface area contributed by atoms with Gasteiger partial charge in [0.15, 0.2) is 0 Å². The molecule has 0 aromatic carbocycles. The van der Waals surface area contributed by atoms with Gasteiger partial charge in [0.25, 0.3) is 0 Å². The number of aliphatic hydroxyl groups is 3. The summed E-state index contributed by atoms with van der Waals surface area (Å²) >= 11 is 0. The van der Waals surface area contributed by atoms with Gasteiger partial charge in [-0.2, -0.15) is 0 Å². The van der Waals surface area contributed by atoms with Crippen LogP contribution in [0.15, 0.2) is 0 Å². The zero-order valence-electron chi connectivity index (χ0n) is 11.4. The zero-order valence-corrected chi connectivity index (χ0v) is 11.4. The van der Waals surface area contributed by atoms with Crippen molar-refractivity contribution >= 4 is 0 Å². The fraction of sp³-hybridized carbons (Fsp3) is 1.00. The smallest absolute Gasteiger partial charge is 0.0779 e. The fourth-order valence-electron chi connectivity index (χ4n) is 0.740. The molecule has 5 heteroatoms. The molecule has 0 radical (unpaired) electrons. The Balaban J connectivity index is 0. The maximum absolute atomic E-state index is 8.69. The van der Waals surface area contributed by atoms with E-state index in [9.17, 15) is 0 Å². The van der Waals surface area contributed by atoms with Crippen molar-refractivity contribution in [1.29, 1.82) is 0 Å². The summed E-state index contributed by atoms with van der Waals surface area (Å²) in [7, 11) is 0. The minimum Gasteiger partial charge on any atom is -0.394 e. The predicted molar refractivity (Wildman–Crippen MR) is 66.9 cm³/mol. The lowest BCUT2D eigenvalue weighted by molar-refractivity contribution is -0.0177. The summed E-state index contributed by atoms with van der Waals surface area (Å²) in [5, 5.41) is 25.4. The van der Waals surface area contributed by atoms with E-state index >= 15 is 0 Å². The average molecular weight is 252 g/mol. The van der Waals surface area contributed by atoms with Crippen LogP contribution in [0.5, 0.6) is 0 Å². The minimum atomic E-state index is -0.445. The van der Waals surface area contributed by atoms with Crippen molar-refractivity contribution in [2.75, 3.05) is 33.0 Å². The van der Waals surface area contributed by atoms with Crippen LogP contribution >= 0.6 is 0 Å². The van der Waals surface area contributed by atoms with E-state index in [0.29, 0.717) is 19.1 Å². The fourth-order valence-corrected chi connectivity index (χ4v) is 0.740. The summed E-state index contributed by atoms with van der Waals surface area (Å²) in [5.41, 5.74) is 0. The van der Waals surface area contributed by atoms with Crippen LogP contribution in [-0.2, 0) is 9.47 Å². The Labute approximate surface area is 104 Å². The molecule has 0 rings (SSSR count). The summed E-state index contributed by atoms with van der Waals surface area (Å²) in [6.07, 6.45) is -0.612. The van der Waals surface area contributed by atoms with Crippen molar-refractivity contribution in [1.82, 2.24) is 0 Å². The SMILES string of the molecule is CC(C)COCCO.CC(O)COC(C)CO. The van der Waals surface area contributed by atoms with Gasteiger partial charge in [-0.1, -0.05) is 13.8 Å². The lowest BCUT2D eigenvalue weighted by atomic mass is 10.2. The topological polar surface area (TPSA) is 79.2 Å². The molecule has 0 bridgehead atoms. The molecule has 17 heavy (non-hydrogen) atoms. The number of ether oxygens (including phenoxy) is 2. The van der Waals surface area contributed by atoms with Crippen molar-refractivity contribution in [2.45, 2.75) is 39.9 Å². The Morgan fingerprint density at radius 2 is 1.59 bits per heavy atom. The van der Waals surface area contributed by atoms with Crippen molar-refractivity contribution in [2.24, 2.45) is 5.92 Å². The summed E-state index contributed by atoms with van der Waals surface area (Å²) in [6.45, 7) is 9.21. The molecule has 0 aliphatic heterocycles. The molecule has 106 valence electrons. The van der Waals surface area contributed by atoms with Gasteiger partial charge in [-0.25, -0.2) is 0 Å². The molecule has 0 amide bonds. The van der Waals surface area contributed by atoms with Crippen LogP contribution in [0.1, 0.15) is 27.7 Å². The van der Waals surface area contributed by atoms with Crippen LogP contribution in [0.25, 0.3) is 0 Å². The molecule has 5 nitrogen and oxygen atoms in total. The molecule has 0 saturated carbocycles. The van der Waals surface area contributed by atoms with Crippen molar-refractivity contribution in [3.63, 3.8) is 0 Å². The van der Waals surface area contributed by atoms with Gasteiger partial charge in [-0.15, -0.1) is 0 Å². The van der Waals surface area contributed by atoms with Gasteiger partial charge in [-0.05, 0) is 19.8 Å². The molecule has 0 heterocycles. The van der Waals surface area contributed by atoms with Gasteiger partial charge >= 0.3 is 0 Å². The highest BCUT2D eigenvalue weighted by atomic mass is 16.5. The molecular weight excluding hydrogens is 224 g/mol. The van der Waals surface area contributed by atoms with Crippen LogP contribution in [0.2, 0.25) is 0 Å². The predicted octanol–water partition coefficient (Wildman–Crippen LogP) is 0.416. The van der Waals surface area contributed by atoms with E-state index in [-0.39, 0.29) is 19.3 Å². The number of hydrogen-bond acceptors (Lipinski definition) is 5. The molecular formula is C12H28O5. The Hall–Kier alpha value is -0.200. The van der Waals surface area contributed by atoms with E-state index < -0.39 is 6.10 Å². The zero-order chi connectivity index (χ0) is 13.7. The van der Waals surface area contributed by atoms with Crippen LogP contribution in [0, 0.1) is 5.92 Å². The van der Waals surface area contributed by atoms with E-state index in [4.69, 9.17) is 24.8 Å². The van der Waals surface area contributed by atoms with E-state index in [1.54, 1.807) is 13.8 Å². The molecule has 0 spiro atoms. The van der Waals surface area contributed by atoms with Gasteiger partial charge in [-0.3, -0.25) is 0 Å². The second-order valence-electron chi connectivity index (χ2n) is 4.37. The van der Waals surface area contributed by atoms with Gasteiger partial charge in [0.1, 0.15) is 0 Å². The van der Waals surface area contributed by atoms with Gasteiger partial charge in [0.05, 0.1) is 38.6 Å². The molecule has 0 aliphatic rings. The second kappa shape index (κ2) is 13.9. The van der Waals surface area contributed by atoms with Gasteiger partial charge in [0, 0.05) is 6.61 Å². The molecule has 0 aromatic heterocycles. The Bertz CT molecular complexity index is 139. The summed E-state index contributed by atoms with van der Waals surface area (Å²) in [6, 6.07) is 0. The highest BCUT2D eigenvalue weighted by molar-refractivity contribution is 4.47. The van der Waals surface area contributed by atoms with E-state index in [0.717, 1.165) is 6.61 Å². The highest BCUT2D eigenvalue weighted by Crippen LogP contribution is 1.91. The quantitative estimate of drug-likeness (QED) is 0.546. The molecule has 2 atom stereocenters. The monoisotopic (exact) mass is 252 g/mol. The highest BCUT2D eigenvalue weighted by Gasteiger charge is 2.00. The molecule has 0 aromatic rings. The number of aliphatic hydroxyl groups excluding tert-OH is 3. The third-order valence-electron chi connectivity index (χ3n) is 1.57. The lowest BCUT2D eigenvalue weighted by Gasteiger charge is -2.10. The Morgan fingerprint density at radius 3 is 1.94 bits per heavy atom. The van der Waals surface area contributed by atoms with Gasteiger partial charge in [0.2, 0.25) is 0 Å². The van der Waals surface area contributed by atoms with Gasteiger partial charge < -0.3 is 24.8 Å². The first kappa shape index (κ1) is 19.1. The van der Waals surface area contributed by atoms with E-state index in [1.807, 2.05) is 0 Å². The number of rotatable bonds is 8. The van der Waals surface area contributed by atoms with Crippen LogP contribution in [0.4, 0.5) is 0 Å². The molecule has 0 fully saturated rings. The maximum atomic E-state index is 8.69. The molecule has 2 unspecified atom stereocenters. The van der Waals surface area contributed by atoms with Crippen LogP contribution < -0.4 is 0 Å². The van der Waals surface area contributed by atoms with Crippen LogP contribution in [-0.4, -0.2) is 60.6 Å². The largest absolute Gasteiger partial charge is 0.394 e. The lowest BCUT2D eigenvalue weighted by Crippen LogP contribution is -2.19. The molecule has 0 saturated heterocycles.